The molecule has 6 N–H and O–H groups in total. The maximum atomic E-state index is 13.2. The van der Waals surface area contributed by atoms with Gasteiger partial charge in [0.1, 0.15) is 6.04 Å². The molecule has 2 aromatic heterocycles. The molecule has 238 valence electrons. The average Bonchev–Trinajstić information content (AvgIpc) is 3.47. The maximum absolute atomic E-state index is 13.2. The number of nitrogens with one attached hydrogen (secondary N) is 2. The lowest BCUT2D eigenvalue weighted by Crippen LogP contribution is -2.42. The van der Waals surface area contributed by atoms with Gasteiger partial charge < -0.3 is 36.5 Å². The molecule has 0 fully saturated rings. The van der Waals surface area contributed by atoms with Crippen molar-refractivity contribution in [2.24, 2.45) is 0 Å². The molecular weight excluding hydrogens is 594 g/mol. The molecule has 4 aromatic rings. The van der Waals surface area contributed by atoms with E-state index >= 15 is 0 Å². The average molecular weight is 628 g/mol. The Hall–Kier alpha value is -5.86. The van der Waals surface area contributed by atoms with Crippen molar-refractivity contribution in [1.29, 1.82) is 0 Å². The van der Waals surface area contributed by atoms with Gasteiger partial charge in [-0.1, -0.05) is 0 Å². The van der Waals surface area contributed by atoms with Crippen molar-refractivity contribution in [2.45, 2.75) is 31.8 Å². The second-order valence-electron chi connectivity index (χ2n) is 10.5. The van der Waals surface area contributed by atoms with Gasteiger partial charge in [-0.25, -0.2) is 19.6 Å². The Balaban J connectivity index is 1.16. The topological polar surface area (TPSA) is 218 Å². The molecule has 1 aliphatic rings. The van der Waals surface area contributed by atoms with Crippen LogP contribution in [0.25, 0.3) is 11.2 Å². The van der Waals surface area contributed by atoms with Gasteiger partial charge >= 0.3 is 11.9 Å². The van der Waals surface area contributed by atoms with Gasteiger partial charge in [0, 0.05) is 29.9 Å². The highest BCUT2D eigenvalue weighted by Gasteiger charge is 2.25. The van der Waals surface area contributed by atoms with Crippen LogP contribution in [0, 0.1) is 0 Å². The summed E-state index contributed by atoms with van der Waals surface area (Å²) in [5.74, 6) is -1.64. The zero-order valence-corrected chi connectivity index (χ0v) is 25.3. The minimum absolute atomic E-state index is 0.0317. The predicted molar refractivity (Wildman–Crippen MR) is 168 cm³/mol. The standard InChI is InChI=1S/C31H33N9O6/c1-45-29(43)18-7-5-17(6-8-18)27(41)34-12-3-4-22(30(44)46-2)37-28(42)20-9-10-23-19(14-20)11-13-40(23)16-21-15-35-26-24(36-21)25(32)38-31(33)39-26/h5-10,14-15,22H,3-4,11-13,16H2,1-2H3,(H,34,41)(H,37,42)(H4,32,33,35,38,39)/t22-/m0/s1. The Bertz CT molecular complexity index is 1800. The van der Waals surface area contributed by atoms with Crippen molar-refractivity contribution in [3.63, 3.8) is 0 Å². The number of hydrogen-bond donors (Lipinski definition) is 4. The van der Waals surface area contributed by atoms with E-state index in [1.54, 1.807) is 12.3 Å². The highest BCUT2D eigenvalue weighted by Crippen LogP contribution is 2.30. The number of methoxy groups -OCH3 is 2. The first kappa shape index (κ1) is 31.6. The highest BCUT2D eigenvalue weighted by molar-refractivity contribution is 5.98. The van der Waals surface area contributed by atoms with Gasteiger partial charge in [-0.15, -0.1) is 0 Å². The summed E-state index contributed by atoms with van der Waals surface area (Å²) in [6, 6.07) is 10.5. The van der Waals surface area contributed by atoms with E-state index in [4.69, 9.17) is 16.2 Å². The summed E-state index contributed by atoms with van der Waals surface area (Å²) in [6.07, 6.45) is 2.97. The number of fused-ring (bicyclic) bond motifs is 2. The minimum Gasteiger partial charge on any atom is -0.467 e. The summed E-state index contributed by atoms with van der Waals surface area (Å²) >= 11 is 0. The van der Waals surface area contributed by atoms with Crippen molar-refractivity contribution >= 4 is 52.4 Å². The fourth-order valence-electron chi connectivity index (χ4n) is 5.15. The number of amides is 2. The first-order chi connectivity index (χ1) is 22.2. The van der Waals surface area contributed by atoms with Crippen LogP contribution in [-0.2, 0) is 27.2 Å². The van der Waals surface area contributed by atoms with E-state index in [-0.39, 0.29) is 30.6 Å². The summed E-state index contributed by atoms with van der Waals surface area (Å²) in [4.78, 5) is 68.7. The molecule has 0 unspecified atom stereocenters. The van der Waals surface area contributed by atoms with Crippen molar-refractivity contribution in [3.8, 4) is 0 Å². The number of nitrogens with two attached hydrogens (primary N) is 2. The van der Waals surface area contributed by atoms with Crippen LogP contribution < -0.4 is 27.0 Å². The molecule has 0 spiro atoms. The normalized spacial score (nSPS) is 12.7. The van der Waals surface area contributed by atoms with Crippen LogP contribution in [0.2, 0.25) is 0 Å². The molecule has 1 aliphatic heterocycles. The SMILES string of the molecule is COC(=O)c1ccc(C(=O)NCCC[C@H](NC(=O)c2ccc3c(c2)CCN3Cc2cnc3nc(N)nc(N)c3n2)C(=O)OC)cc1. The largest absolute Gasteiger partial charge is 0.467 e. The van der Waals surface area contributed by atoms with Gasteiger partial charge in [0.2, 0.25) is 5.95 Å². The molecule has 0 radical (unpaired) electrons. The Morgan fingerprint density at radius 1 is 0.935 bits per heavy atom. The molecular formula is C31H33N9O6. The number of nitrogens with zero attached hydrogens (tertiary/aromatic N) is 5. The maximum Gasteiger partial charge on any atom is 0.337 e. The van der Waals surface area contributed by atoms with Crippen LogP contribution in [0.4, 0.5) is 17.5 Å². The van der Waals surface area contributed by atoms with Crippen LogP contribution in [0.5, 0.6) is 0 Å². The number of carbonyl (C=O) groups is 4. The number of nitrogen functional groups attached to an aromatic ring is 2. The zero-order valence-electron chi connectivity index (χ0n) is 25.3. The van der Waals surface area contributed by atoms with E-state index in [0.29, 0.717) is 59.5 Å². The number of carbonyl (C=O) groups excluding carboxylic acids is 4. The van der Waals surface area contributed by atoms with Gasteiger partial charge in [0.05, 0.1) is 38.2 Å². The Morgan fingerprint density at radius 2 is 1.67 bits per heavy atom. The van der Waals surface area contributed by atoms with Crippen LogP contribution >= 0.6 is 0 Å². The number of anilines is 3. The van der Waals surface area contributed by atoms with Crippen LogP contribution in [-0.4, -0.2) is 77.0 Å². The molecule has 2 aromatic carbocycles. The third kappa shape index (κ3) is 7.09. The number of ether oxygens (including phenoxy) is 2. The molecule has 5 rings (SSSR count). The highest BCUT2D eigenvalue weighted by atomic mass is 16.5. The van der Waals surface area contributed by atoms with E-state index < -0.39 is 23.9 Å². The fraction of sp³-hybridized carbons (Fsp3) is 0.290. The van der Waals surface area contributed by atoms with Gasteiger partial charge in [-0.2, -0.15) is 9.97 Å². The van der Waals surface area contributed by atoms with Crippen molar-refractivity contribution in [2.75, 3.05) is 43.7 Å². The summed E-state index contributed by atoms with van der Waals surface area (Å²) in [5.41, 5.74) is 16.0. The lowest BCUT2D eigenvalue weighted by atomic mass is 10.1. The molecule has 2 amide bonds. The van der Waals surface area contributed by atoms with E-state index in [0.717, 1.165) is 11.3 Å². The molecule has 0 aliphatic carbocycles. The van der Waals surface area contributed by atoms with Crippen LogP contribution in [0.15, 0.2) is 48.7 Å². The molecule has 0 saturated carbocycles. The molecule has 15 heteroatoms. The van der Waals surface area contributed by atoms with Gasteiger partial charge in [-0.05, 0) is 67.3 Å². The smallest absolute Gasteiger partial charge is 0.337 e. The van der Waals surface area contributed by atoms with Gasteiger partial charge in [0.15, 0.2) is 17.0 Å². The first-order valence-corrected chi connectivity index (χ1v) is 14.4. The number of hydrogen-bond acceptors (Lipinski definition) is 13. The van der Waals surface area contributed by atoms with E-state index in [2.05, 4.69) is 40.2 Å². The molecule has 0 bridgehead atoms. The number of benzene rings is 2. The monoisotopic (exact) mass is 627 g/mol. The lowest BCUT2D eigenvalue weighted by molar-refractivity contribution is -0.143. The Kier molecular flexibility index (Phi) is 9.50. The van der Waals surface area contributed by atoms with Gasteiger partial charge in [-0.3, -0.25) is 9.59 Å². The minimum atomic E-state index is -0.906. The van der Waals surface area contributed by atoms with Crippen molar-refractivity contribution in [1.82, 2.24) is 30.6 Å². The molecule has 1 atom stereocenters. The predicted octanol–water partition coefficient (Wildman–Crippen LogP) is 1.42. The summed E-state index contributed by atoms with van der Waals surface area (Å²) < 4.78 is 9.56. The Morgan fingerprint density at radius 3 is 2.41 bits per heavy atom. The molecule has 3 heterocycles. The summed E-state index contributed by atoms with van der Waals surface area (Å²) in [6.45, 7) is 1.43. The Labute approximate surface area is 263 Å². The number of esters is 2. The second kappa shape index (κ2) is 13.8. The van der Waals surface area contributed by atoms with Crippen LogP contribution in [0.1, 0.15) is 55.2 Å². The van der Waals surface area contributed by atoms with Gasteiger partial charge in [0.25, 0.3) is 11.8 Å². The van der Waals surface area contributed by atoms with Crippen molar-refractivity contribution < 1.29 is 28.7 Å². The first-order valence-electron chi connectivity index (χ1n) is 14.4. The second-order valence-corrected chi connectivity index (χ2v) is 10.5. The quantitative estimate of drug-likeness (QED) is 0.137. The summed E-state index contributed by atoms with van der Waals surface area (Å²) in [5, 5.41) is 5.53. The van der Waals surface area contributed by atoms with Crippen molar-refractivity contribution in [3.05, 3.63) is 76.6 Å². The zero-order chi connectivity index (χ0) is 32.8. The third-order valence-corrected chi connectivity index (χ3v) is 7.50. The lowest BCUT2D eigenvalue weighted by Gasteiger charge is -2.20. The summed E-state index contributed by atoms with van der Waals surface area (Å²) in [7, 11) is 2.53. The number of aromatic nitrogens is 4. The fourth-order valence-corrected chi connectivity index (χ4v) is 5.15. The number of rotatable bonds is 11. The molecule has 0 saturated heterocycles. The third-order valence-electron chi connectivity index (χ3n) is 7.50. The van der Waals surface area contributed by atoms with E-state index in [1.165, 1.54) is 38.5 Å². The van der Waals surface area contributed by atoms with Crippen LogP contribution in [0.3, 0.4) is 0 Å². The molecule has 15 nitrogen and oxygen atoms in total. The molecule has 46 heavy (non-hydrogen) atoms. The van der Waals surface area contributed by atoms with E-state index in [9.17, 15) is 19.2 Å². The van der Waals surface area contributed by atoms with E-state index in [1.807, 2.05) is 12.1 Å².